The highest BCUT2D eigenvalue weighted by atomic mass is 16.7. The molecular formula is C10H16O8. The average Bonchev–Trinajstić information content (AvgIpc) is 2.75. The number of esters is 1. The SMILES string of the molecule is O=C1C[C@H](O[C@H]2O[C@H](CO)[C@H](O)[C@H](O)[C@H]2O)CO1. The molecule has 18 heavy (non-hydrogen) atoms. The molecule has 2 aliphatic heterocycles. The lowest BCUT2D eigenvalue weighted by Crippen LogP contribution is -2.59. The minimum absolute atomic E-state index is 0.0367. The van der Waals surface area contributed by atoms with Gasteiger partial charge in [-0.25, -0.2) is 0 Å². The van der Waals surface area contributed by atoms with Gasteiger partial charge in [0.2, 0.25) is 0 Å². The molecule has 8 heteroatoms. The zero-order valence-electron chi connectivity index (χ0n) is 9.51. The summed E-state index contributed by atoms with van der Waals surface area (Å²) in [5, 5.41) is 37.7. The Labute approximate surface area is 103 Å². The molecule has 2 aliphatic rings. The van der Waals surface area contributed by atoms with Crippen molar-refractivity contribution in [1.29, 1.82) is 0 Å². The van der Waals surface area contributed by atoms with E-state index in [4.69, 9.17) is 14.6 Å². The molecule has 0 aromatic rings. The fraction of sp³-hybridized carbons (Fsp3) is 0.900. The van der Waals surface area contributed by atoms with E-state index in [1.807, 2.05) is 0 Å². The van der Waals surface area contributed by atoms with E-state index in [9.17, 15) is 20.1 Å². The molecule has 0 aromatic carbocycles. The molecule has 2 rings (SSSR count). The van der Waals surface area contributed by atoms with E-state index in [-0.39, 0.29) is 13.0 Å². The number of aliphatic hydroxyl groups is 4. The van der Waals surface area contributed by atoms with Crippen LogP contribution in [-0.2, 0) is 19.0 Å². The number of aliphatic hydroxyl groups excluding tert-OH is 4. The third kappa shape index (κ3) is 2.63. The van der Waals surface area contributed by atoms with Crippen LogP contribution >= 0.6 is 0 Å². The summed E-state index contributed by atoms with van der Waals surface area (Å²) < 4.78 is 15.1. The highest BCUT2D eigenvalue weighted by molar-refractivity contribution is 5.71. The van der Waals surface area contributed by atoms with Crippen LogP contribution in [0.1, 0.15) is 6.42 Å². The maximum absolute atomic E-state index is 10.9. The summed E-state index contributed by atoms with van der Waals surface area (Å²) in [6.07, 6.45) is -7.15. The van der Waals surface area contributed by atoms with Gasteiger partial charge in [0.25, 0.3) is 0 Å². The molecule has 0 saturated carbocycles. The Kier molecular flexibility index (Phi) is 4.15. The van der Waals surface area contributed by atoms with Crippen molar-refractivity contribution in [3.8, 4) is 0 Å². The number of carbonyl (C=O) groups is 1. The van der Waals surface area contributed by atoms with Crippen LogP contribution in [0, 0.1) is 0 Å². The molecule has 2 heterocycles. The number of hydrogen-bond acceptors (Lipinski definition) is 8. The van der Waals surface area contributed by atoms with Crippen molar-refractivity contribution in [2.45, 2.75) is 43.2 Å². The zero-order valence-corrected chi connectivity index (χ0v) is 9.51. The number of cyclic esters (lactones) is 1. The summed E-state index contributed by atoms with van der Waals surface area (Å²) in [5.74, 6) is -0.412. The van der Waals surface area contributed by atoms with Gasteiger partial charge in [-0.15, -0.1) is 0 Å². The van der Waals surface area contributed by atoms with Crippen LogP contribution < -0.4 is 0 Å². The van der Waals surface area contributed by atoms with Gasteiger partial charge in [-0.05, 0) is 0 Å². The van der Waals surface area contributed by atoms with Crippen LogP contribution in [0.5, 0.6) is 0 Å². The van der Waals surface area contributed by atoms with E-state index >= 15 is 0 Å². The Morgan fingerprint density at radius 1 is 1.22 bits per heavy atom. The molecule has 2 fully saturated rings. The second kappa shape index (κ2) is 5.47. The molecular weight excluding hydrogens is 248 g/mol. The lowest BCUT2D eigenvalue weighted by Gasteiger charge is -2.40. The quantitative estimate of drug-likeness (QED) is 0.400. The van der Waals surface area contributed by atoms with Crippen LogP contribution in [0.3, 0.4) is 0 Å². The van der Waals surface area contributed by atoms with Crippen molar-refractivity contribution >= 4 is 5.97 Å². The number of carbonyl (C=O) groups excluding carboxylic acids is 1. The molecule has 6 atom stereocenters. The molecule has 0 radical (unpaired) electrons. The van der Waals surface area contributed by atoms with Crippen LogP contribution in [0.2, 0.25) is 0 Å². The van der Waals surface area contributed by atoms with Crippen molar-refractivity contribution in [2.75, 3.05) is 13.2 Å². The first-order chi connectivity index (χ1) is 8.52. The van der Waals surface area contributed by atoms with Gasteiger partial charge in [0.15, 0.2) is 6.29 Å². The Morgan fingerprint density at radius 3 is 2.50 bits per heavy atom. The first-order valence-corrected chi connectivity index (χ1v) is 5.64. The van der Waals surface area contributed by atoms with Gasteiger partial charge >= 0.3 is 5.97 Å². The van der Waals surface area contributed by atoms with Gasteiger partial charge in [0.05, 0.1) is 13.0 Å². The summed E-state index contributed by atoms with van der Waals surface area (Å²) in [5.41, 5.74) is 0. The van der Waals surface area contributed by atoms with Crippen LogP contribution in [0.15, 0.2) is 0 Å². The Bertz CT molecular complexity index is 306. The van der Waals surface area contributed by atoms with E-state index in [0.717, 1.165) is 0 Å². The van der Waals surface area contributed by atoms with Gasteiger partial charge in [0.1, 0.15) is 37.1 Å². The van der Waals surface area contributed by atoms with Crippen LogP contribution in [0.25, 0.3) is 0 Å². The van der Waals surface area contributed by atoms with E-state index in [2.05, 4.69) is 4.74 Å². The van der Waals surface area contributed by atoms with E-state index in [1.165, 1.54) is 0 Å². The summed E-state index contributed by atoms with van der Waals surface area (Å²) in [6, 6.07) is 0. The standard InChI is InChI=1S/C10H16O8/c11-2-5-7(13)8(14)9(15)10(18-5)17-4-1-6(12)16-3-4/h4-5,7-11,13-15H,1-3H2/t4-,5+,7-,8-,9+,10-/m0/s1. The molecule has 0 amide bonds. The zero-order chi connectivity index (χ0) is 13.3. The molecule has 0 spiro atoms. The first kappa shape index (κ1) is 13.7. The van der Waals surface area contributed by atoms with E-state index < -0.39 is 49.4 Å². The van der Waals surface area contributed by atoms with E-state index in [0.29, 0.717) is 0 Å². The van der Waals surface area contributed by atoms with Crippen molar-refractivity contribution in [3.05, 3.63) is 0 Å². The lowest BCUT2D eigenvalue weighted by atomic mass is 9.99. The summed E-state index contributed by atoms with van der Waals surface area (Å²) >= 11 is 0. The third-order valence-electron chi connectivity index (χ3n) is 3.00. The third-order valence-corrected chi connectivity index (χ3v) is 3.00. The molecule has 0 aliphatic carbocycles. The normalized spacial score (nSPS) is 45.0. The highest BCUT2D eigenvalue weighted by Gasteiger charge is 2.45. The molecule has 104 valence electrons. The lowest BCUT2D eigenvalue weighted by molar-refractivity contribution is -0.310. The maximum atomic E-state index is 10.9. The largest absolute Gasteiger partial charge is 0.463 e. The molecule has 8 nitrogen and oxygen atoms in total. The van der Waals surface area contributed by atoms with Gasteiger partial charge < -0.3 is 34.6 Å². The Balaban J connectivity index is 1.96. The molecule has 0 aromatic heterocycles. The topological polar surface area (TPSA) is 126 Å². The van der Waals surface area contributed by atoms with Gasteiger partial charge in [-0.1, -0.05) is 0 Å². The smallest absolute Gasteiger partial charge is 0.308 e. The Hall–Kier alpha value is -0.770. The van der Waals surface area contributed by atoms with Crippen LogP contribution in [0.4, 0.5) is 0 Å². The van der Waals surface area contributed by atoms with Gasteiger partial charge in [-0.2, -0.15) is 0 Å². The minimum Gasteiger partial charge on any atom is -0.463 e. The summed E-state index contributed by atoms with van der Waals surface area (Å²) in [6.45, 7) is -0.473. The molecule has 0 bridgehead atoms. The average molecular weight is 264 g/mol. The highest BCUT2D eigenvalue weighted by Crippen LogP contribution is 2.24. The van der Waals surface area contributed by atoms with Crippen molar-refractivity contribution in [2.24, 2.45) is 0 Å². The fourth-order valence-corrected chi connectivity index (χ4v) is 1.95. The van der Waals surface area contributed by atoms with Crippen molar-refractivity contribution in [1.82, 2.24) is 0 Å². The second-order valence-corrected chi connectivity index (χ2v) is 4.34. The summed E-state index contributed by atoms with van der Waals surface area (Å²) in [4.78, 5) is 10.9. The Morgan fingerprint density at radius 2 is 1.94 bits per heavy atom. The number of hydrogen-bond donors (Lipinski definition) is 4. The van der Waals surface area contributed by atoms with E-state index in [1.54, 1.807) is 0 Å². The van der Waals surface area contributed by atoms with Crippen molar-refractivity contribution in [3.63, 3.8) is 0 Å². The predicted octanol–water partition coefficient (Wildman–Crippen LogP) is -2.88. The van der Waals surface area contributed by atoms with Gasteiger partial charge in [0, 0.05) is 0 Å². The number of rotatable bonds is 3. The second-order valence-electron chi connectivity index (χ2n) is 4.34. The summed E-state index contributed by atoms with van der Waals surface area (Å²) in [7, 11) is 0. The molecule has 4 N–H and O–H groups in total. The van der Waals surface area contributed by atoms with Gasteiger partial charge in [-0.3, -0.25) is 4.79 Å². The predicted molar refractivity (Wildman–Crippen MR) is 54.2 cm³/mol. The fourth-order valence-electron chi connectivity index (χ4n) is 1.95. The minimum atomic E-state index is -1.49. The first-order valence-electron chi connectivity index (χ1n) is 5.64. The van der Waals surface area contributed by atoms with Crippen molar-refractivity contribution < 1.29 is 39.4 Å². The van der Waals surface area contributed by atoms with Crippen LogP contribution in [-0.4, -0.2) is 76.4 Å². The molecule has 0 unspecified atom stereocenters. The molecule has 2 saturated heterocycles. The monoisotopic (exact) mass is 264 g/mol. The number of ether oxygens (including phenoxy) is 3. The maximum Gasteiger partial charge on any atom is 0.308 e.